The first-order chi connectivity index (χ1) is 7.83. The molecule has 16 heavy (non-hydrogen) atoms. The molecule has 2 heteroatoms. The normalized spacial score (nSPS) is 20.6. The molecule has 2 nitrogen and oxygen atoms in total. The third-order valence-electron chi connectivity index (χ3n) is 3.74. The van der Waals surface area contributed by atoms with Crippen molar-refractivity contribution < 1.29 is 4.74 Å². The highest BCUT2D eigenvalue weighted by atomic mass is 16.5. The predicted molar refractivity (Wildman–Crippen MR) is 64.7 cm³/mol. The lowest BCUT2D eigenvalue weighted by atomic mass is 10.1. The Morgan fingerprint density at radius 3 is 2.88 bits per heavy atom. The van der Waals surface area contributed by atoms with Crippen LogP contribution in [0.25, 0.3) is 0 Å². The quantitative estimate of drug-likeness (QED) is 0.840. The fraction of sp³-hybridized carbons (Fsp3) is 0.571. The number of fused-ring (bicyclic) bond motifs is 1. The molecule has 2 aliphatic rings. The maximum atomic E-state index is 6.01. The lowest BCUT2D eigenvalue weighted by molar-refractivity contribution is 0.276. The second kappa shape index (κ2) is 4.10. The van der Waals surface area contributed by atoms with E-state index >= 15 is 0 Å². The average molecular weight is 217 g/mol. The molecule has 1 aromatic rings. The van der Waals surface area contributed by atoms with E-state index in [4.69, 9.17) is 10.5 Å². The summed E-state index contributed by atoms with van der Waals surface area (Å²) >= 11 is 0. The van der Waals surface area contributed by atoms with E-state index in [0.29, 0.717) is 6.61 Å². The van der Waals surface area contributed by atoms with Gasteiger partial charge in [-0.05, 0) is 61.3 Å². The van der Waals surface area contributed by atoms with Crippen LogP contribution in [0.5, 0.6) is 5.75 Å². The molecule has 86 valence electrons. The minimum absolute atomic E-state index is 0.230. The zero-order chi connectivity index (χ0) is 11.0. The number of hydrogen-bond acceptors (Lipinski definition) is 2. The molecular formula is C14H19NO. The zero-order valence-corrected chi connectivity index (χ0v) is 9.61. The summed E-state index contributed by atoms with van der Waals surface area (Å²) in [4.78, 5) is 0. The molecule has 2 N–H and O–H groups in total. The van der Waals surface area contributed by atoms with Crippen LogP contribution in [0.1, 0.15) is 30.4 Å². The van der Waals surface area contributed by atoms with E-state index in [0.717, 1.165) is 11.7 Å². The fourth-order valence-corrected chi connectivity index (χ4v) is 2.49. The number of ether oxygens (including phenoxy) is 1. The lowest BCUT2D eigenvalue weighted by Gasteiger charge is -2.13. The van der Waals surface area contributed by atoms with E-state index in [2.05, 4.69) is 18.2 Å². The number of nitrogens with two attached hydrogens (primary N) is 1. The second-order valence-electron chi connectivity index (χ2n) is 5.10. The second-order valence-corrected chi connectivity index (χ2v) is 5.10. The minimum Gasteiger partial charge on any atom is -0.492 e. The van der Waals surface area contributed by atoms with Gasteiger partial charge in [-0.1, -0.05) is 6.07 Å². The third-order valence-corrected chi connectivity index (χ3v) is 3.74. The Morgan fingerprint density at radius 2 is 2.06 bits per heavy atom. The Morgan fingerprint density at radius 1 is 1.25 bits per heavy atom. The molecule has 0 saturated heterocycles. The van der Waals surface area contributed by atoms with Gasteiger partial charge in [-0.25, -0.2) is 0 Å². The molecule has 1 atom stereocenters. The van der Waals surface area contributed by atoms with Crippen LogP contribution in [0, 0.1) is 5.92 Å². The molecule has 1 fully saturated rings. The molecule has 2 aliphatic carbocycles. The van der Waals surface area contributed by atoms with E-state index in [1.54, 1.807) is 0 Å². The van der Waals surface area contributed by atoms with Gasteiger partial charge in [-0.2, -0.15) is 0 Å². The maximum absolute atomic E-state index is 6.01. The van der Waals surface area contributed by atoms with Crippen LogP contribution in [0.15, 0.2) is 18.2 Å². The van der Waals surface area contributed by atoms with Crippen LogP contribution in [0.2, 0.25) is 0 Å². The van der Waals surface area contributed by atoms with Gasteiger partial charge in [0.05, 0.1) is 0 Å². The summed E-state index contributed by atoms with van der Waals surface area (Å²) in [5.74, 6) is 1.71. The molecule has 0 heterocycles. The Bertz CT molecular complexity index is 384. The van der Waals surface area contributed by atoms with Gasteiger partial charge >= 0.3 is 0 Å². The Balaban J connectivity index is 1.61. The highest BCUT2D eigenvalue weighted by Crippen LogP contribution is 2.32. The number of benzene rings is 1. The van der Waals surface area contributed by atoms with Crippen molar-refractivity contribution >= 4 is 0 Å². The van der Waals surface area contributed by atoms with Gasteiger partial charge in [0.25, 0.3) is 0 Å². The summed E-state index contributed by atoms with van der Waals surface area (Å²) in [6.45, 7) is 0.670. The highest BCUT2D eigenvalue weighted by molar-refractivity contribution is 5.38. The Hall–Kier alpha value is -1.02. The first-order valence-electron chi connectivity index (χ1n) is 6.33. The SMILES string of the molecule is NC(COc1ccc2c(c1)CCC2)C1CC1. The molecule has 0 radical (unpaired) electrons. The Kier molecular flexibility index (Phi) is 2.60. The van der Waals surface area contributed by atoms with Crippen molar-refractivity contribution in [2.24, 2.45) is 11.7 Å². The first kappa shape index (κ1) is 10.2. The van der Waals surface area contributed by atoms with Crippen molar-refractivity contribution in [1.29, 1.82) is 0 Å². The van der Waals surface area contributed by atoms with Gasteiger partial charge in [0, 0.05) is 6.04 Å². The van der Waals surface area contributed by atoms with Gasteiger partial charge in [0.2, 0.25) is 0 Å². The molecular weight excluding hydrogens is 198 g/mol. The molecule has 3 rings (SSSR count). The molecule has 1 aromatic carbocycles. The van der Waals surface area contributed by atoms with Crippen molar-refractivity contribution in [3.63, 3.8) is 0 Å². The van der Waals surface area contributed by atoms with Gasteiger partial charge in [-0.15, -0.1) is 0 Å². The summed E-state index contributed by atoms with van der Waals surface area (Å²) in [6.07, 6.45) is 6.31. The summed E-state index contributed by atoms with van der Waals surface area (Å²) in [5.41, 5.74) is 8.98. The van der Waals surface area contributed by atoms with E-state index in [-0.39, 0.29) is 6.04 Å². The molecule has 0 amide bonds. The monoisotopic (exact) mass is 217 g/mol. The van der Waals surface area contributed by atoms with E-state index in [1.807, 2.05) is 0 Å². The molecule has 0 aromatic heterocycles. The minimum atomic E-state index is 0.230. The van der Waals surface area contributed by atoms with E-state index < -0.39 is 0 Å². The molecule has 1 unspecified atom stereocenters. The standard InChI is InChI=1S/C14H19NO/c15-14(11-4-5-11)9-16-13-7-6-10-2-1-3-12(10)8-13/h6-8,11,14H,1-5,9,15H2. The summed E-state index contributed by atoms with van der Waals surface area (Å²) in [5, 5.41) is 0. The first-order valence-corrected chi connectivity index (χ1v) is 6.33. The molecule has 0 bridgehead atoms. The number of rotatable bonds is 4. The predicted octanol–water partition coefficient (Wildman–Crippen LogP) is 2.29. The average Bonchev–Trinajstić information content (AvgIpc) is 3.04. The number of hydrogen-bond donors (Lipinski definition) is 1. The maximum Gasteiger partial charge on any atom is 0.119 e. The molecule has 0 aliphatic heterocycles. The number of aryl methyl sites for hydroxylation is 2. The van der Waals surface area contributed by atoms with Crippen molar-refractivity contribution in [1.82, 2.24) is 0 Å². The molecule has 0 spiro atoms. The van der Waals surface area contributed by atoms with Crippen molar-refractivity contribution in [2.75, 3.05) is 6.61 Å². The topological polar surface area (TPSA) is 35.2 Å². The van der Waals surface area contributed by atoms with Gasteiger partial charge in [0.1, 0.15) is 12.4 Å². The van der Waals surface area contributed by atoms with Crippen LogP contribution in [0.4, 0.5) is 0 Å². The molecule has 1 saturated carbocycles. The summed E-state index contributed by atoms with van der Waals surface area (Å²) in [6, 6.07) is 6.72. The zero-order valence-electron chi connectivity index (χ0n) is 9.61. The van der Waals surface area contributed by atoms with Crippen molar-refractivity contribution in [3.05, 3.63) is 29.3 Å². The van der Waals surface area contributed by atoms with Gasteiger partial charge in [-0.3, -0.25) is 0 Å². The van der Waals surface area contributed by atoms with Crippen LogP contribution < -0.4 is 10.5 Å². The van der Waals surface area contributed by atoms with Gasteiger partial charge in [0.15, 0.2) is 0 Å². The third kappa shape index (κ3) is 2.07. The van der Waals surface area contributed by atoms with Crippen molar-refractivity contribution in [3.8, 4) is 5.75 Å². The van der Waals surface area contributed by atoms with Gasteiger partial charge < -0.3 is 10.5 Å². The largest absolute Gasteiger partial charge is 0.492 e. The highest BCUT2D eigenvalue weighted by Gasteiger charge is 2.28. The van der Waals surface area contributed by atoms with E-state index in [1.165, 1.54) is 43.2 Å². The van der Waals surface area contributed by atoms with Crippen LogP contribution >= 0.6 is 0 Å². The smallest absolute Gasteiger partial charge is 0.119 e. The lowest BCUT2D eigenvalue weighted by Crippen LogP contribution is -2.29. The Labute approximate surface area is 96.8 Å². The summed E-state index contributed by atoms with van der Waals surface area (Å²) < 4.78 is 5.77. The van der Waals surface area contributed by atoms with E-state index in [9.17, 15) is 0 Å². The van der Waals surface area contributed by atoms with Crippen LogP contribution in [-0.2, 0) is 12.8 Å². The summed E-state index contributed by atoms with van der Waals surface area (Å²) in [7, 11) is 0. The van der Waals surface area contributed by atoms with Crippen molar-refractivity contribution in [2.45, 2.75) is 38.1 Å². The van der Waals surface area contributed by atoms with Crippen LogP contribution in [0.3, 0.4) is 0 Å². The fourth-order valence-electron chi connectivity index (χ4n) is 2.49. The van der Waals surface area contributed by atoms with Crippen LogP contribution in [-0.4, -0.2) is 12.6 Å².